The number of benzene rings is 1. The van der Waals surface area contributed by atoms with Gasteiger partial charge in [-0.3, -0.25) is 14.5 Å². The van der Waals surface area contributed by atoms with Gasteiger partial charge in [0.1, 0.15) is 5.82 Å². The quantitative estimate of drug-likeness (QED) is 0.813. The number of aryl methyl sites for hydroxylation is 2. The molecule has 6 nitrogen and oxygen atoms in total. The number of likely N-dealkylation sites (N-methyl/N-ethyl adjacent to an activating group) is 1. The molecule has 0 bridgehead atoms. The van der Waals surface area contributed by atoms with Crippen LogP contribution in [0, 0.1) is 13.8 Å². The van der Waals surface area contributed by atoms with Crippen molar-refractivity contribution in [2.75, 3.05) is 24.2 Å². The Morgan fingerprint density at radius 3 is 2.58 bits per heavy atom. The molecule has 2 aromatic rings. The normalized spacial score (nSPS) is 11.9. The molecule has 0 aliphatic rings. The second-order valence-corrected chi connectivity index (χ2v) is 6.74. The van der Waals surface area contributed by atoms with Gasteiger partial charge in [0, 0.05) is 16.9 Å². The van der Waals surface area contributed by atoms with Crippen LogP contribution in [0.25, 0.3) is 0 Å². The zero-order valence-electron chi connectivity index (χ0n) is 15.3. The van der Waals surface area contributed by atoms with E-state index in [0.717, 1.165) is 11.1 Å². The van der Waals surface area contributed by atoms with Crippen LogP contribution >= 0.6 is 11.6 Å². The molecule has 0 aliphatic heterocycles. The molecular formula is C19H23ClN4O2. The van der Waals surface area contributed by atoms with Gasteiger partial charge in [-0.05, 0) is 57.1 Å². The standard InChI is InChI=1S/C19H23ClN4O2/c1-12-5-8-17(21-10-12)23-18(25)11-24(4)14(3)19(26)22-16-9-15(20)7-6-13(16)2/h5-10,14H,11H2,1-4H3,(H,22,26)(H,21,23,25). The van der Waals surface area contributed by atoms with Gasteiger partial charge in [0.2, 0.25) is 11.8 Å². The molecule has 1 unspecified atom stereocenters. The molecule has 1 aromatic carbocycles. The molecule has 26 heavy (non-hydrogen) atoms. The molecule has 1 aromatic heterocycles. The van der Waals surface area contributed by atoms with Crippen LogP contribution in [0.15, 0.2) is 36.5 Å². The summed E-state index contributed by atoms with van der Waals surface area (Å²) in [5, 5.41) is 6.12. The van der Waals surface area contributed by atoms with Gasteiger partial charge in [-0.15, -0.1) is 0 Å². The highest BCUT2D eigenvalue weighted by Gasteiger charge is 2.21. The summed E-state index contributed by atoms with van der Waals surface area (Å²) in [6.45, 7) is 5.63. The van der Waals surface area contributed by atoms with Crippen LogP contribution < -0.4 is 10.6 Å². The molecule has 0 saturated heterocycles. The van der Waals surface area contributed by atoms with Crippen LogP contribution in [0.5, 0.6) is 0 Å². The maximum absolute atomic E-state index is 12.5. The first-order valence-corrected chi connectivity index (χ1v) is 8.64. The van der Waals surface area contributed by atoms with Crippen molar-refractivity contribution in [1.29, 1.82) is 0 Å². The number of halogens is 1. The molecule has 2 N–H and O–H groups in total. The highest BCUT2D eigenvalue weighted by atomic mass is 35.5. The summed E-state index contributed by atoms with van der Waals surface area (Å²) in [4.78, 5) is 30.4. The predicted octanol–water partition coefficient (Wildman–Crippen LogP) is 3.25. The zero-order valence-corrected chi connectivity index (χ0v) is 16.1. The molecular weight excluding hydrogens is 352 g/mol. The Bertz CT molecular complexity index is 793. The molecule has 138 valence electrons. The predicted molar refractivity (Wildman–Crippen MR) is 105 cm³/mol. The number of rotatable bonds is 6. The molecule has 1 atom stereocenters. The van der Waals surface area contributed by atoms with Crippen molar-refractivity contribution in [3.05, 3.63) is 52.7 Å². The van der Waals surface area contributed by atoms with E-state index < -0.39 is 6.04 Å². The van der Waals surface area contributed by atoms with E-state index >= 15 is 0 Å². The van der Waals surface area contributed by atoms with Gasteiger partial charge in [0.25, 0.3) is 0 Å². The number of pyridine rings is 1. The lowest BCUT2D eigenvalue weighted by molar-refractivity contribution is -0.122. The Kier molecular flexibility index (Phi) is 6.71. The number of nitrogens with zero attached hydrogens (tertiary/aromatic N) is 2. The molecule has 0 spiro atoms. The van der Waals surface area contributed by atoms with E-state index in [1.807, 2.05) is 26.0 Å². The third-order valence-electron chi connectivity index (χ3n) is 4.07. The highest BCUT2D eigenvalue weighted by Crippen LogP contribution is 2.20. The van der Waals surface area contributed by atoms with E-state index in [4.69, 9.17) is 11.6 Å². The maximum Gasteiger partial charge on any atom is 0.241 e. The molecule has 2 amide bonds. The number of anilines is 2. The molecule has 0 fully saturated rings. The Morgan fingerprint density at radius 2 is 1.92 bits per heavy atom. The Labute approximate surface area is 158 Å². The number of amides is 2. The van der Waals surface area contributed by atoms with Gasteiger partial charge in [-0.1, -0.05) is 23.7 Å². The van der Waals surface area contributed by atoms with Crippen LogP contribution in [-0.2, 0) is 9.59 Å². The first kappa shape index (κ1) is 19.9. The third-order valence-corrected chi connectivity index (χ3v) is 4.31. The number of hydrogen-bond acceptors (Lipinski definition) is 4. The number of nitrogens with one attached hydrogen (secondary N) is 2. The monoisotopic (exact) mass is 374 g/mol. The van der Waals surface area contributed by atoms with Crippen molar-refractivity contribution in [1.82, 2.24) is 9.88 Å². The van der Waals surface area contributed by atoms with Gasteiger partial charge in [0.05, 0.1) is 12.6 Å². The van der Waals surface area contributed by atoms with E-state index in [1.165, 1.54) is 0 Å². The summed E-state index contributed by atoms with van der Waals surface area (Å²) < 4.78 is 0. The van der Waals surface area contributed by atoms with Gasteiger partial charge >= 0.3 is 0 Å². The van der Waals surface area contributed by atoms with E-state index in [1.54, 1.807) is 43.3 Å². The molecule has 2 rings (SSSR count). The van der Waals surface area contributed by atoms with Crippen LogP contribution in [0.1, 0.15) is 18.1 Å². The van der Waals surface area contributed by atoms with Crippen LogP contribution in [-0.4, -0.2) is 41.3 Å². The number of carbonyl (C=O) groups is 2. The lowest BCUT2D eigenvalue weighted by atomic mass is 10.2. The van der Waals surface area contributed by atoms with Crippen molar-refractivity contribution >= 4 is 34.9 Å². The molecule has 0 aliphatic carbocycles. The van der Waals surface area contributed by atoms with Gasteiger partial charge < -0.3 is 10.6 Å². The smallest absolute Gasteiger partial charge is 0.241 e. The number of carbonyl (C=O) groups excluding carboxylic acids is 2. The fraction of sp³-hybridized carbons (Fsp3) is 0.316. The van der Waals surface area contributed by atoms with Gasteiger partial charge in [-0.2, -0.15) is 0 Å². The van der Waals surface area contributed by atoms with Crippen LogP contribution in [0.3, 0.4) is 0 Å². The van der Waals surface area contributed by atoms with Crippen molar-refractivity contribution in [3.8, 4) is 0 Å². The molecule has 0 saturated carbocycles. The van der Waals surface area contributed by atoms with Crippen molar-refractivity contribution in [2.24, 2.45) is 0 Å². The largest absolute Gasteiger partial charge is 0.324 e. The summed E-state index contributed by atoms with van der Waals surface area (Å²) in [7, 11) is 1.72. The highest BCUT2D eigenvalue weighted by molar-refractivity contribution is 6.31. The SMILES string of the molecule is Cc1ccc(NC(=O)CN(C)C(C)C(=O)Nc2cc(Cl)ccc2C)nc1. The fourth-order valence-corrected chi connectivity index (χ4v) is 2.43. The maximum atomic E-state index is 12.5. The average molecular weight is 375 g/mol. The number of hydrogen-bond donors (Lipinski definition) is 2. The summed E-state index contributed by atoms with van der Waals surface area (Å²) >= 11 is 5.98. The third kappa shape index (κ3) is 5.54. The second-order valence-electron chi connectivity index (χ2n) is 6.31. The molecule has 7 heteroatoms. The van der Waals surface area contributed by atoms with E-state index in [2.05, 4.69) is 15.6 Å². The van der Waals surface area contributed by atoms with Crippen LogP contribution in [0.2, 0.25) is 5.02 Å². The minimum Gasteiger partial charge on any atom is -0.324 e. The van der Waals surface area contributed by atoms with Gasteiger partial charge in [0.15, 0.2) is 0 Å². The minimum atomic E-state index is -0.495. The summed E-state index contributed by atoms with van der Waals surface area (Å²) in [5.74, 6) is 0.0437. The van der Waals surface area contributed by atoms with E-state index in [0.29, 0.717) is 16.5 Å². The van der Waals surface area contributed by atoms with Crippen molar-refractivity contribution in [2.45, 2.75) is 26.8 Å². The minimum absolute atomic E-state index is 0.0681. The Hall–Kier alpha value is -2.44. The fourth-order valence-electron chi connectivity index (χ4n) is 2.25. The lowest BCUT2D eigenvalue weighted by Gasteiger charge is -2.23. The molecule has 0 radical (unpaired) electrons. The summed E-state index contributed by atoms with van der Waals surface area (Å²) in [5.41, 5.74) is 2.60. The summed E-state index contributed by atoms with van der Waals surface area (Å²) in [6, 6.07) is 8.43. The van der Waals surface area contributed by atoms with Gasteiger partial charge in [-0.25, -0.2) is 4.98 Å². The topological polar surface area (TPSA) is 74.3 Å². The zero-order chi connectivity index (χ0) is 19.3. The van der Waals surface area contributed by atoms with Crippen LogP contribution in [0.4, 0.5) is 11.5 Å². The lowest BCUT2D eigenvalue weighted by Crippen LogP contribution is -2.43. The second kappa shape index (κ2) is 8.78. The first-order chi connectivity index (χ1) is 12.3. The Balaban J connectivity index is 1.92. The average Bonchev–Trinajstić information content (AvgIpc) is 2.59. The van der Waals surface area contributed by atoms with Crippen molar-refractivity contribution in [3.63, 3.8) is 0 Å². The summed E-state index contributed by atoms with van der Waals surface area (Å²) in [6.07, 6.45) is 1.68. The number of aromatic nitrogens is 1. The van der Waals surface area contributed by atoms with E-state index in [9.17, 15) is 9.59 Å². The Morgan fingerprint density at radius 1 is 1.19 bits per heavy atom. The first-order valence-electron chi connectivity index (χ1n) is 8.26. The van der Waals surface area contributed by atoms with E-state index in [-0.39, 0.29) is 18.4 Å². The van der Waals surface area contributed by atoms with Crippen molar-refractivity contribution < 1.29 is 9.59 Å². The molecule has 1 heterocycles.